The SMILES string of the molecule is CCN(CC)Cc1ccc(CNC(C)(C)C)cc1. The van der Waals surface area contributed by atoms with Crippen molar-refractivity contribution in [2.75, 3.05) is 13.1 Å². The van der Waals surface area contributed by atoms with Crippen LogP contribution in [0.4, 0.5) is 0 Å². The third kappa shape index (κ3) is 5.65. The van der Waals surface area contributed by atoms with Crippen LogP contribution in [0.5, 0.6) is 0 Å². The molecule has 0 aromatic heterocycles. The average Bonchev–Trinajstić information content (AvgIpc) is 2.34. The summed E-state index contributed by atoms with van der Waals surface area (Å²) in [5, 5.41) is 3.51. The molecule has 1 N–H and O–H groups in total. The van der Waals surface area contributed by atoms with Gasteiger partial charge in [-0.3, -0.25) is 4.90 Å². The van der Waals surface area contributed by atoms with Crippen LogP contribution in [0.3, 0.4) is 0 Å². The molecule has 2 heteroatoms. The maximum atomic E-state index is 3.51. The molecule has 1 aromatic rings. The van der Waals surface area contributed by atoms with E-state index in [1.165, 1.54) is 11.1 Å². The molecule has 0 saturated heterocycles. The molecule has 0 fully saturated rings. The van der Waals surface area contributed by atoms with Crippen molar-refractivity contribution >= 4 is 0 Å². The summed E-state index contributed by atoms with van der Waals surface area (Å²) in [5.41, 5.74) is 2.94. The van der Waals surface area contributed by atoms with Crippen LogP contribution in [0.15, 0.2) is 24.3 Å². The number of benzene rings is 1. The van der Waals surface area contributed by atoms with Gasteiger partial charge in [0.05, 0.1) is 0 Å². The zero-order chi connectivity index (χ0) is 13.6. The molecule has 0 radical (unpaired) electrons. The third-order valence-electron chi connectivity index (χ3n) is 3.15. The van der Waals surface area contributed by atoms with Crippen molar-refractivity contribution < 1.29 is 0 Å². The zero-order valence-corrected chi connectivity index (χ0v) is 12.6. The first kappa shape index (κ1) is 15.2. The van der Waals surface area contributed by atoms with Crippen LogP contribution in [0.1, 0.15) is 45.7 Å². The molecule has 18 heavy (non-hydrogen) atoms. The highest BCUT2D eigenvalue weighted by molar-refractivity contribution is 5.22. The fraction of sp³-hybridized carbons (Fsp3) is 0.625. The molecule has 0 aliphatic heterocycles. The lowest BCUT2D eigenvalue weighted by molar-refractivity contribution is 0.296. The van der Waals surface area contributed by atoms with Crippen molar-refractivity contribution in [1.29, 1.82) is 0 Å². The van der Waals surface area contributed by atoms with Crippen molar-refractivity contribution in [3.63, 3.8) is 0 Å². The zero-order valence-electron chi connectivity index (χ0n) is 12.6. The molecule has 1 aromatic carbocycles. The molecule has 1 rings (SSSR count). The van der Waals surface area contributed by atoms with Crippen LogP contribution in [-0.2, 0) is 13.1 Å². The quantitative estimate of drug-likeness (QED) is 0.830. The maximum absolute atomic E-state index is 3.51. The van der Waals surface area contributed by atoms with E-state index in [-0.39, 0.29) is 5.54 Å². The highest BCUT2D eigenvalue weighted by atomic mass is 15.1. The summed E-state index contributed by atoms with van der Waals surface area (Å²) in [6, 6.07) is 8.96. The van der Waals surface area contributed by atoms with E-state index in [4.69, 9.17) is 0 Å². The van der Waals surface area contributed by atoms with Crippen molar-refractivity contribution in [1.82, 2.24) is 10.2 Å². The Morgan fingerprint density at radius 3 is 1.89 bits per heavy atom. The van der Waals surface area contributed by atoms with Crippen molar-refractivity contribution in [3.05, 3.63) is 35.4 Å². The second-order valence-electron chi connectivity index (χ2n) is 5.88. The molecule has 0 aliphatic carbocycles. The van der Waals surface area contributed by atoms with E-state index in [0.717, 1.165) is 26.2 Å². The normalized spacial score (nSPS) is 12.1. The lowest BCUT2D eigenvalue weighted by Gasteiger charge is -2.21. The van der Waals surface area contributed by atoms with E-state index in [0.29, 0.717) is 0 Å². The Morgan fingerprint density at radius 1 is 0.944 bits per heavy atom. The maximum Gasteiger partial charge on any atom is 0.0233 e. The van der Waals surface area contributed by atoms with Gasteiger partial charge in [-0.05, 0) is 45.0 Å². The van der Waals surface area contributed by atoms with Gasteiger partial charge in [-0.1, -0.05) is 38.1 Å². The first-order valence-corrected chi connectivity index (χ1v) is 6.99. The molecular weight excluding hydrogens is 220 g/mol. The predicted molar refractivity (Wildman–Crippen MR) is 79.7 cm³/mol. The molecule has 0 unspecified atom stereocenters. The van der Waals surface area contributed by atoms with Crippen LogP contribution >= 0.6 is 0 Å². The molecule has 0 bridgehead atoms. The molecule has 0 amide bonds. The second-order valence-corrected chi connectivity index (χ2v) is 5.88. The number of nitrogens with zero attached hydrogens (tertiary/aromatic N) is 1. The van der Waals surface area contributed by atoms with Gasteiger partial charge >= 0.3 is 0 Å². The fourth-order valence-corrected chi connectivity index (χ4v) is 1.84. The summed E-state index contributed by atoms with van der Waals surface area (Å²) < 4.78 is 0. The van der Waals surface area contributed by atoms with E-state index in [2.05, 4.69) is 69.1 Å². The summed E-state index contributed by atoms with van der Waals surface area (Å²) >= 11 is 0. The van der Waals surface area contributed by atoms with Crippen molar-refractivity contribution in [2.24, 2.45) is 0 Å². The minimum atomic E-state index is 0.180. The second kappa shape index (κ2) is 6.91. The van der Waals surface area contributed by atoms with E-state index in [1.54, 1.807) is 0 Å². The summed E-state index contributed by atoms with van der Waals surface area (Å²) in [5.74, 6) is 0. The first-order valence-electron chi connectivity index (χ1n) is 6.99. The monoisotopic (exact) mass is 248 g/mol. The molecule has 0 heterocycles. The smallest absolute Gasteiger partial charge is 0.0233 e. The number of nitrogens with one attached hydrogen (secondary N) is 1. The largest absolute Gasteiger partial charge is 0.308 e. The van der Waals surface area contributed by atoms with E-state index in [1.807, 2.05) is 0 Å². The minimum absolute atomic E-state index is 0.180. The molecule has 2 nitrogen and oxygen atoms in total. The van der Waals surface area contributed by atoms with Gasteiger partial charge in [0, 0.05) is 18.6 Å². The lowest BCUT2D eigenvalue weighted by atomic mass is 10.1. The first-order chi connectivity index (χ1) is 8.44. The fourth-order valence-electron chi connectivity index (χ4n) is 1.84. The molecule has 0 aliphatic rings. The summed E-state index contributed by atoms with van der Waals surface area (Å²) in [7, 11) is 0. The van der Waals surface area contributed by atoms with Crippen LogP contribution < -0.4 is 5.32 Å². The van der Waals surface area contributed by atoms with Crippen molar-refractivity contribution in [3.8, 4) is 0 Å². The van der Waals surface area contributed by atoms with E-state index >= 15 is 0 Å². The Labute approximate surface area is 112 Å². The number of rotatable bonds is 6. The van der Waals surface area contributed by atoms with Crippen LogP contribution in [-0.4, -0.2) is 23.5 Å². The van der Waals surface area contributed by atoms with Gasteiger partial charge in [-0.25, -0.2) is 0 Å². The topological polar surface area (TPSA) is 15.3 Å². The van der Waals surface area contributed by atoms with Crippen molar-refractivity contribution in [2.45, 2.75) is 53.2 Å². The van der Waals surface area contributed by atoms with Gasteiger partial charge in [0.25, 0.3) is 0 Å². The lowest BCUT2D eigenvalue weighted by Crippen LogP contribution is -2.35. The van der Waals surface area contributed by atoms with Gasteiger partial charge in [0.2, 0.25) is 0 Å². The average molecular weight is 248 g/mol. The Balaban J connectivity index is 2.52. The van der Waals surface area contributed by atoms with Gasteiger partial charge < -0.3 is 5.32 Å². The van der Waals surface area contributed by atoms with Gasteiger partial charge in [0.15, 0.2) is 0 Å². The van der Waals surface area contributed by atoms with E-state index in [9.17, 15) is 0 Å². The molecular formula is C16H28N2. The number of hydrogen-bond acceptors (Lipinski definition) is 2. The number of hydrogen-bond donors (Lipinski definition) is 1. The van der Waals surface area contributed by atoms with Gasteiger partial charge in [0.1, 0.15) is 0 Å². The van der Waals surface area contributed by atoms with Gasteiger partial charge in [-0.15, -0.1) is 0 Å². The van der Waals surface area contributed by atoms with E-state index < -0.39 is 0 Å². The third-order valence-corrected chi connectivity index (χ3v) is 3.15. The Kier molecular flexibility index (Phi) is 5.83. The standard InChI is InChI=1S/C16H28N2/c1-6-18(7-2)13-15-10-8-14(9-11-15)12-17-16(3,4)5/h8-11,17H,6-7,12-13H2,1-5H3. The summed E-state index contributed by atoms with van der Waals surface area (Å²) in [6.45, 7) is 15.2. The summed E-state index contributed by atoms with van der Waals surface area (Å²) in [4.78, 5) is 2.43. The predicted octanol–water partition coefficient (Wildman–Crippen LogP) is 3.42. The minimum Gasteiger partial charge on any atom is -0.308 e. The Bertz CT molecular complexity index is 331. The molecule has 0 spiro atoms. The summed E-state index contributed by atoms with van der Waals surface area (Å²) in [6.07, 6.45) is 0. The van der Waals surface area contributed by atoms with Gasteiger partial charge in [-0.2, -0.15) is 0 Å². The molecule has 0 saturated carbocycles. The Morgan fingerprint density at radius 2 is 1.44 bits per heavy atom. The highest BCUT2D eigenvalue weighted by Crippen LogP contribution is 2.09. The highest BCUT2D eigenvalue weighted by Gasteiger charge is 2.08. The van der Waals surface area contributed by atoms with Crippen LogP contribution in [0, 0.1) is 0 Å². The Hall–Kier alpha value is -0.860. The molecule has 0 atom stereocenters. The molecule has 102 valence electrons. The van der Waals surface area contributed by atoms with Crippen LogP contribution in [0.2, 0.25) is 0 Å². The van der Waals surface area contributed by atoms with Crippen LogP contribution in [0.25, 0.3) is 0 Å².